The largest absolute Gasteiger partial charge is 0.497 e. The Hall–Kier alpha value is -1.55. The number of hydrogen-bond donors (Lipinski definition) is 1. The van der Waals surface area contributed by atoms with E-state index in [4.69, 9.17) is 10.5 Å². The van der Waals surface area contributed by atoms with Gasteiger partial charge in [-0.15, -0.1) is 0 Å². The summed E-state index contributed by atoms with van der Waals surface area (Å²) >= 11 is 0. The Labute approximate surface area is 88.6 Å². The fourth-order valence-corrected chi connectivity index (χ4v) is 1.90. The summed E-state index contributed by atoms with van der Waals surface area (Å²) in [6, 6.07) is 7.22. The maximum Gasteiger partial charge on any atom is 0.242 e. The molecule has 0 unspecified atom stereocenters. The number of carbonyl (C=O) groups excluding carboxylic acids is 1. The summed E-state index contributed by atoms with van der Waals surface area (Å²) in [6.07, 6.45) is 0. The molecule has 80 valence electrons. The lowest BCUT2D eigenvalue weighted by Gasteiger charge is -2.43. The molecule has 0 spiro atoms. The second-order valence-corrected chi connectivity index (χ2v) is 3.69. The number of likely N-dealkylation sites (tertiary alicyclic amines) is 1. The highest BCUT2D eigenvalue weighted by atomic mass is 16.5. The lowest BCUT2D eigenvalue weighted by Crippen LogP contribution is -2.61. The summed E-state index contributed by atoms with van der Waals surface area (Å²) in [7, 11) is 3.39. The summed E-state index contributed by atoms with van der Waals surface area (Å²) in [4.78, 5) is 12.9. The number of nitrogens with zero attached hydrogens (tertiary/aromatic N) is 1. The molecule has 0 aromatic heterocycles. The Morgan fingerprint density at radius 1 is 1.33 bits per heavy atom. The monoisotopic (exact) mass is 206 g/mol. The molecule has 0 aliphatic carbocycles. The van der Waals surface area contributed by atoms with E-state index in [9.17, 15) is 4.79 Å². The summed E-state index contributed by atoms with van der Waals surface area (Å²) in [5.74, 6) is 0.802. The Morgan fingerprint density at radius 3 is 2.40 bits per heavy atom. The van der Waals surface area contributed by atoms with E-state index >= 15 is 0 Å². The first kappa shape index (κ1) is 9.98. The van der Waals surface area contributed by atoms with E-state index in [0.717, 1.165) is 11.3 Å². The third-order valence-corrected chi connectivity index (χ3v) is 2.85. The smallest absolute Gasteiger partial charge is 0.242 e. The number of amides is 1. The van der Waals surface area contributed by atoms with Gasteiger partial charge < -0.3 is 15.4 Å². The highest BCUT2D eigenvalue weighted by Crippen LogP contribution is 2.32. The van der Waals surface area contributed by atoms with Crippen LogP contribution in [0.15, 0.2) is 24.3 Å². The molecule has 2 N–H and O–H groups in total. The summed E-state index contributed by atoms with van der Waals surface area (Å²) in [5, 5.41) is 0. The average Bonchev–Trinajstić information content (AvgIpc) is 2.30. The van der Waals surface area contributed by atoms with E-state index in [2.05, 4.69) is 0 Å². The van der Waals surface area contributed by atoms with Crippen LogP contribution < -0.4 is 10.5 Å². The summed E-state index contributed by atoms with van der Waals surface area (Å²) in [6.45, 7) is 0. The van der Waals surface area contributed by atoms with Crippen molar-refractivity contribution in [2.75, 3.05) is 14.2 Å². The van der Waals surface area contributed by atoms with Gasteiger partial charge in [0, 0.05) is 7.05 Å². The molecule has 1 aromatic rings. The molecule has 1 heterocycles. The number of β-lactam (4-membered cyclic amide) rings is 1. The van der Waals surface area contributed by atoms with Crippen LogP contribution in [0.4, 0.5) is 0 Å². The minimum absolute atomic E-state index is 0.00315. The van der Waals surface area contributed by atoms with Gasteiger partial charge in [-0.05, 0) is 17.7 Å². The number of methoxy groups -OCH3 is 1. The van der Waals surface area contributed by atoms with E-state index in [1.165, 1.54) is 0 Å². The second-order valence-electron chi connectivity index (χ2n) is 3.69. The molecule has 0 saturated carbocycles. The molecule has 0 radical (unpaired) electrons. The van der Waals surface area contributed by atoms with Crippen LogP contribution in [0.25, 0.3) is 0 Å². The Morgan fingerprint density at radius 2 is 1.93 bits per heavy atom. The quantitative estimate of drug-likeness (QED) is 0.718. The zero-order chi connectivity index (χ0) is 11.0. The molecule has 2 atom stereocenters. The Balaban J connectivity index is 2.20. The minimum Gasteiger partial charge on any atom is -0.497 e. The summed E-state index contributed by atoms with van der Waals surface area (Å²) < 4.78 is 5.06. The fraction of sp³-hybridized carbons (Fsp3) is 0.364. The maximum atomic E-state index is 11.2. The van der Waals surface area contributed by atoms with Gasteiger partial charge in [-0.2, -0.15) is 0 Å². The topological polar surface area (TPSA) is 55.6 Å². The van der Waals surface area contributed by atoms with Gasteiger partial charge in [0.25, 0.3) is 0 Å². The van der Waals surface area contributed by atoms with Crippen LogP contribution in [0.5, 0.6) is 5.75 Å². The number of hydrogen-bond acceptors (Lipinski definition) is 3. The molecular formula is C11H14N2O2. The van der Waals surface area contributed by atoms with Crippen molar-refractivity contribution < 1.29 is 9.53 Å². The van der Waals surface area contributed by atoms with E-state index in [1.54, 1.807) is 19.1 Å². The first-order chi connectivity index (χ1) is 7.15. The fourth-order valence-electron chi connectivity index (χ4n) is 1.90. The van der Waals surface area contributed by atoms with Gasteiger partial charge in [-0.1, -0.05) is 12.1 Å². The highest BCUT2D eigenvalue weighted by molar-refractivity contribution is 5.89. The predicted molar refractivity (Wildman–Crippen MR) is 56.5 cm³/mol. The van der Waals surface area contributed by atoms with Gasteiger partial charge in [0.15, 0.2) is 0 Å². The lowest BCUT2D eigenvalue weighted by atomic mass is 9.90. The van der Waals surface area contributed by atoms with Crippen molar-refractivity contribution in [3.63, 3.8) is 0 Å². The van der Waals surface area contributed by atoms with Gasteiger partial charge in [-0.25, -0.2) is 0 Å². The molecule has 0 bridgehead atoms. The van der Waals surface area contributed by atoms with Crippen molar-refractivity contribution in [2.24, 2.45) is 5.73 Å². The number of nitrogens with two attached hydrogens (primary N) is 1. The Bertz CT molecular complexity index is 363. The summed E-state index contributed by atoms with van der Waals surface area (Å²) in [5.41, 5.74) is 6.78. The number of carbonyl (C=O) groups is 1. The van der Waals surface area contributed by atoms with E-state index in [1.807, 2.05) is 24.3 Å². The molecule has 2 rings (SSSR count). The van der Waals surface area contributed by atoms with Gasteiger partial charge in [-0.3, -0.25) is 4.79 Å². The minimum atomic E-state index is -0.400. The van der Waals surface area contributed by atoms with Crippen molar-refractivity contribution in [3.05, 3.63) is 29.8 Å². The number of ether oxygens (including phenoxy) is 1. The first-order valence-corrected chi connectivity index (χ1v) is 4.81. The van der Waals surface area contributed by atoms with Gasteiger partial charge in [0.2, 0.25) is 5.91 Å². The van der Waals surface area contributed by atoms with Crippen LogP contribution in [0.3, 0.4) is 0 Å². The van der Waals surface area contributed by atoms with Gasteiger partial charge >= 0.3 is 0 Å². The van der Waals surface area contributed by atoms with E-state index in [0.29, 0.717) is 0 Å². The molecule has 1 amide bonds. The molecule has 1 saturated heterocycles. The van der Waals surface area contributed by atoms with Gasteiger partial charge in [0.1, 0.15) is 11.8 Å². The van der Waals surface area contributed by atoms with Crippen molar-refractivity contribution >= 4 is 5.91 Å². The zero-order valence-electron chi connectivity index (χ0n) is 8.81. The van der Waals surface area contributed by atoms with Crippen molar-refractivity contribution in [1.29, 1.82) is 0 Å². The standard InChI is InChI=1S/C11H14N2O2/c1-13-10(9(12)11(13)14)7-3-5-8(15-2)6-4-7/h3-6,9-10H,12H2,1-2H3/t9-,10-/m1/s1. The average molecular weight is 206 g/mol. The number of likely N-dealkylation sites (N-methyl/N-ethyl adjacent to an activating group) is 1. The van der Waals surface area contributed by atoms with Gasteiger partial charge in [0.05, 0.1) is 13.2 Å². The molecule has 15 heavy (non-hydrogen) atoms. The normalized spacial score (nSPS) is 25.0. The van der Waals surface area contributed by atoms with Crippen molar-refractivity contribution in [3.8, 4) is 5.75 Å². The maximum absolute atomic E-state index is 11.2. The molecule has 1 aliphatic heterocycles. The van der Waals surface area contributed by atoms with Crippen LogP contribution in [-0.4, -0.2) is 31.0 Å². The van der Waals surface area contributed by atoms with Crippen LogP contribution in [0, 0.1) is 0 Å². The molecule has 1 fully saturated rings. The first-order valence-electron chi connectivity index (χ1n) is 4.81. The highest BCUT2D eigenvalue weighted by Gasteiger charge is 2.42. The molecule has 1 aromatic carbocycles. The van der Waals surface area contributed by atoms with E-state index in [-0.39, 0.29) is 11.9 Å². The molecule has 4 nitrogen and oxygen atoms in total. The van der Waals surface area contributed by atoms with Crippen LogP contribution in [0.2, 0.25) is 0 Å². The lowest BCUT2D eigenvalue weighted by molar-refractivity contribution is -0.146. The number of benzene rings is 1. The third-order valence-electron chi connectivity index (χ3n) is 2.85. The Kier molecular flexibility index (Phi) is 2.36. The molecular weight excluding hydrogens is 192 g/mol. The SMILES string of the molecule is COc1ccc([C@@H]2[C@@H](N)C(=O)N2C)cc1. The van der Waals surface area contributed by atoms with E-state index < -0.39 is 6.04 Å². The molecule has 1 aliphatic rings. The second kappa shape index (κ2) is 3.55. The van der Waals surface area contributed by atoms with Crippen molar-refractivity contribution in [2.45, 2.75) is 12.1 Å². The van der Waals surface area contributed by atoms with Crippen LogP contribution in [-0.2, 0) is 4.79 Å². The molecule has 4 heteroatoms. The van der Waals surface area contributed by atoms with Crippen molar-refractivity contribution in [1.82, 2.24) is 4.90 Å². The third kappa shape index (κ3) is 1.47. The zero-order valence-corrected chi connectivity index (χ0v) is 8.81. The van der Waals surface area contributed by atoms with Crippen LogP contribution >= 0.6 is 0 Å². The number of rotatable bonds is 2. The predicted octanol–water partition coefficient (Wildman–Crippen LogP) is 0.536. The van der Waals surface area contributed by atoms with Crippen LogP contribution in [0.1, 0.15) is 11.6 Å².